The first kappa shape index (κ1) is 17.1. The SMILES string of the molecule is CCn1cccc(NC(=O)C2CCC(Nc3ncccn3)CC2)c1=O. The summed E-state index contributed by atoms with van der Waals surface area (Å²) in [6, 6.07) is 5.50. The molecule has 132 valence electrons. The molecule has 0 spiro atoms. The lowest BCUT2D eigenvalue weighted by Crippen LogP contribution is -2.34. The van der Waals surface area contributed by atoms with E-state index in [4.69, 9.17) is 0 Å². The quantitative estimate of drug-likeness (QED) is 0.871. The molecule has 1 amide bonds. The van der Waals surface area contributed by atoms with Gasteiger partial charge in [0.1, 0.15) is 5.69 Å². The van der Waals surface area contributed by atoms with Gasteiger partial charge in [0.15, 0.2) is 0 Å². The summed E-state index contributed by atoms with van der Waals surface area (Å²) in [5.41, 5.74) is 0.196. The zero-order chi connectivity index (χ0) is 17.6. The molecule has 25 heavy (non-hydrogen) atoms. The first-order chi connectivity index (χ1) is 12.2. The molecule has 2 N–H and O–H groups in total. The van der Waals surface area contributed by atoms with Gasteiger partial charge in [-0.1, -0.05) is 0 Å². The van der Waals surface area contributed by atoms with E-state index < -0.39 is 0 Å². The van der Waals surface area contributed by atoms with Gasteiger partial charge in [-0.05, 0) is 50.8 Å². The van der Waals surface area contributed by atoms with Crippen molar-refractivity contribution in [2.24, 2.45) is 5.92 Å². The van der Waals surface area contributed by atoms with Crippen molar-refractivity contribution < 1.29 is 4.79 Å². The zero-order valence-corrected chi connectivity index (χ0v) is 14.3. The molecule has 2 aromatic heterocycles. The minimum Gasteiger partial charge on any atom is -0.351 e. The van der Waals surface area contributed by atoms with Crippen LogP contribution in [0.15, 0.2) is 41.6 Å². The molecule has 7 nitrogen and oxygen atoms in total. The van der Waals surface area contributed by atoms with Gasteiger partial charge in [0.25, 0.3) is 5.56 Å². The smallest absolute Gasteiger partial charge is 0.274 e. The highest BCUT2D eigenvalue weighted by molar-refractivity contribution is 5.92. The molecule has 0 bridgehead atoms. The summed E-state index contributed by atoms with van der Waals surface area (Å²) in [6.07, 6.45) is 8.46. The third-order valence-corrected chi connectivity index (χ3v) is 4.62. The van der Waals surface area contributed by atoms with Crippen molar-refractivity contribution >= 4 is 17.5 Å². The first-order valence-electron chi connectivity index (χ1n) is 8.71. The van der Waals surface area contributed by atoms with E-state index in [1.54, 1.807) is 41.4 Å². The van der Waals surface area contributed by atoms with Crippen LogP contribution in [0.3, 0.4) is 0 Å². The van der Waals surface area contributed by atoms with Gasteiger partial charge in [-0.25, -0.2) is 9.97 Å². The van der Waals surface area contributed by atoms with Crippen LogP contribution in [0.5, 0.6) is 0 Å². The molecular formula is C18H23N5O2. The van der Waals surface area contributed by atoms with Crippen LogP contribution in [0.4, 0.5) is 11.6 Å². The third-order valence-electron chi connectivity index (χ3n) is 4.62. The fourth-order valence-electron chi connectivity index (χ4n) is 3.17. The van der Waals surface area contributed by atoms with Crippen LogP contribution in [0.25, 0.3) is 0 Å². The Hall–Kier alpha value is -2.70. The normalized spacial score (nSPS) is 20.0. The van der Waals surface area contributed by atoms with E-state index >= 15 is 0 Å². The number of hydrogen-bond donors (Lipinski definition) is 2. The van der Waals surface area contributed by atoms with E-state index in [-0.39, 0.29) is 23.4 Å². The fourth-order valence-corrected chi connectivity index (χ4v) is 3.17. The molecule has 2 aromatic rings. The number of rotatable bonds is 5. The van der Waals surface area contributed by atoms with Gasteiger partial charge in [-0.3, -0.25) is 9.59 Å². The lowest BCUT2D eigenvalue weighted by Gasteiger charge is -2.28. The van der Waals surface area contributed by atoms with Crippen molar-refractivity contribution in [1.29, 1.82) is 0 Å². The van der Waals surface area contributed by atoms with E-state index in [0.29, 0.717) is 18.2 Å². The van der Waals surface area contributed by atoms with Crippen molar-refractivity contribution in [2.45, 2.75) is 45.2 Å². The molecule has 1 saturated carbocycles. The average molecular weight is 341 g/mol. The van der Waals surface area contributed by atoms with Crippen LogP contribution in [-0.2, 0) is 11.3 Å². The summed E-state index contributed by atoms with van der Waals surface area (Å²) in [5.74, 6) is 0.490. The summed E-state index contributed by atoms with van der Waals surface area (Å²) < 4.78 is 1.58. The Morgan fingerprint density at radius 1 is 1.20 bits per heavy atom. The second-order valence-corrected chi connectivity index (χ2v) is 6.27. The second-order valence-electron chi connectivity index (χ2n) is 6.27. The van der Waals surface area contributed by atoms with Crippen molar-refractivity contribution in [2.75, 3.05) is 10.6 Å². The van der Waals surface area contributed by atoms with Crippen molar-refractivity contribution in [3.8, 4) is 0 Å². The van der Waals surface area contributed by atoms with E-state index in [2.05, 4.69) is 20.6 Å². The number of anilines is 2. The topological polar surface area (TPSA) is 88.9 Å². The molecule has 1 fully saturated rings. The van der Waals surface area contributed by atoms with Crippen LogP contribution in [0.2, 0.25) is 0 Å². The zero-order valence-electron chi connectivity index (χ0n) is 14.3. The standard InChI is InChI=1S/C18H23N5O2/c1-2-23-12-3-5-15(17(23)25)22-16(24)13-6-8-14(9-7-13)21-18-19-10-4-11-20-18/h3-5,10-14H,2,6-9H2,1H3,(H,22,24)(H,19,20,21). The first-order valence-corrected chi connectivity index (χ1v) is 8.71. The molecule has 0 aliphatic heterocycles. The van der Waals surface area contributed by atoms with Crippen LogP contribution in [0, 0.1) is 5.92 Å². The maximum absolute atomic E-state index is 12.5. The average Bonchev–Trinajstić information content (AvgIpc) is 2.65. The lowest BCUT2D eigenvalue weighted by atomic mass is 9.85. The highest BCUT2D eigenvalue weighted by Crippen LogP contribution is 2.26. The summed E-state index contributed by atoms with van der Waals surface area (Å²) in [7, 11) is 0. The number of nitrogens with zero attached hydrogens (tertiary/aromatic N) is 3. The Morgan fingerprint density at radius 3 is 2.60 bits per heavy atom. The van der Waals surface area contributed by atoms with Crippen LogP contribution < -0.4 is 16.2 Å². The van der Waals surface area contributed by atoms with Crippen LogP contribution in [0.1, 0.15) is 32.6 Å². The molecule has 3 rings (SSSR count). The number of nitrogens with one attached hydrogen (secondary N) is 2. The van der Waals surface area contributed by atoms with Gasteiger partial charge in [0, 0.05) is 37.1 Å². The van der Waals surface area contributed by atoms with Crippen molar-refractivity contribution in [1.82, 2.24) is 14.5 Å². The van der Waals surface area contributed by atoms with Crippen LogP contribution >= 0.6 is 0 Å². The number of aryl methyl sites for hydroxylation is 1. The Labute approximate surface area is 146 Å². The predicted molar refractivity (Wildman–Crippen MR) is 96.4 cm³/mol. The number of amides is 1. The Kier molecular flexibility index (Phi) is 5.42. The van der Waals surface area contributed by atoms with E-state index in [1.807, 2.05) is 6.92 Å². The number of hydrogen-bond acceptors (Lipinski definition) is 5. The van der Waals surface area contributed by atoms with Gasteiger partial charge in [-0.15, -0.1) is 0 Å². The van der Waals surface area contributed by atoms with Gasteiger partial charge in [0.05, 0.1) is 0 Å². The molecule has 0 radical (unpaired) electrons. The molecule has 0 atom stereocenters. The molecule has 0 saturated heterocycles. The van der Waals surface area contributed by atoms with Gasteiger partial charge in [-0.2, -0.15) is 0 Å². The number of aromatic nitrogens is 3. The molecule has 0 unspecified atom stereocenters. The fraction of sp³-hybridized carbons (Fsp3) is 0.444. The van der Waals surface area contributed by atoms with E-state index in [1.165, 1.54) is 0 Å². The molecule has 2 heterocycles. The largest absolute Gasteiger partial charge is 0.351 e. The highest BCUT2D eigenvalue weighted by Gasteiger charge is 2.27. The van der Waals surface area contributed by atoms with Gasteiger partial charge >= 0.3 is 0 Å². The minimum absolute atomic E-state index is 0.0653. The number of carbonyl (C=O) groups is 1. The van der Waals surface area contributed by atoms with Gasteiger partial charge < -0.3 is 15.2 Å². The number of carbonyl (C=O) groups excluding carboxylic acids is 1. The summed E-state index contributed by atoms with van der Waals surface area (Å²) in [6.45, 7) is 2.48. The second kappa shape index (κ2) is 7.92. The van der Waals surface area contributed by atoms with Crippen molar-refractivity contribution in [3.63, 3.8) is 0 Å². The third kappa shape index (κ3) is 4.23. The van der Waals surface area contributed by atoms with E-state index in [0.717, 1.165) is 25.7 Å². The maximum Gasteiger partial charge on any atom is 0.274 e. The summed E-state index contributed by atoms with van der Waals surface area (Å²) >= 11 is 0. The monoisotopic (exact) mass is 341 g/mol. The molecule has 0 aromatic carbocycles. The summed E-state index contributed by atoms with van der Waals surface area (Å²) in [4.78, 5) is 33.0. The number of pyridine rings is 1. The maximum atomic E-state index is 12.5. The summed E-state index contributed by atoms with van der Waals surface area (Å²) in [5, 5.41) is 6.11. The van der Waals surface area contributed by atoms with E-state index in [9.17, 15) is 9.59 Å². The lowest BCUT2D eigenvalue weighted by molar-refractivity contribution is -0.120. The van der Waals surface area contributed by atoms with Crippen molar-refractivity contribution in [3.05, 3.63) is 47.1 Å². The molecule has 1 aliphatic rings. The van der Waals surface area contributed by atoms with Crippen LogP contribution in [-0.4, -0.2) is 26.5 Å². The Morgan fingerprint density at radius 2 is 1.92 bits per heavy atom. The molecule has 7 heteroatoms. The Bertz CT molecular complexity index is 767. The molecule has 1 aliphatic carbocycles. The minimum atomic E-state index is -0.157. The Balaban J connectivity index is 1.54. The highest BCUT2D eigenvalue weighted by atomic mass is 16.2. The predicted octanol–water partition coefficient (Wildman–Crippen LogP) is 2.27. The van der Waals surface area contributed by atoms with Gasteiger partial charge in [0.2, 0.25) is 11.9 Å². The molecular weight excluding hydrogens is 318 g/mol.